The number of aromatic nitrogens is 2. The summed E-state index contributed by atoms with van der Waals surface area (Å²) in [6.07, 6.45) is 10.2. The number of imidazole rings is 1. The summed E-state index contributed by atoms with van der Waals surface area (Å²) in [6, 6.07) is -1.55. The molecule has 0 spiro atoms. The van der Waals surface area contributed by atoms with E-state index in [1.54, 1.807) is 0 Å². The second kappa shape index (κ2) is 13.7. The van der Waals surface area contributed by atoms with E-state index in [9.17, 15) is 9.59 Å². The molecule has 0 aliphatic heterocycles. The van der Waals surface area contributed by atoms with Crippen LogP contribution in [-0.2, 0) is 27.5 Å². The van der Waals surface area contributed by atoms with E-state index in [4.69, 9.17) is 31.6 Å². The van der Waals surface area contributed by atoms with Crippen molar-refractivity contribution in [1.29, 1.82) is 0 Å². The smallest absolute Gasteiger partial charge is 0.320 e. The predicted octanol–water partition coefficient (Wildman–Crippen LogP) is -1.30. The molecule has 0 radical (unpaired) electrons. The summed E-state index contributed by atoms with van der Waals surface area (Å²) in [6.45, 7) is 2.62. The van der Waals surface area contributed by atoms with Crippen molar-refractivity contribution in [1.82, 2.24) is 4.57 Å². The van der Waals surface area contributed by atoms with E-state index in [0.717, 1.165) is 45.7 Å². The van der Waals surface area contributed by atoms with Gasteiger partial charge in [0.25, 0.3) is 0 Å². The Hall–Kier alpha value is -2.46. The number of unbranched alkanes of at least 4 members (excludes halogenated alkanes) is 2. The van der Waals surface area contributed by atoms with Crippen LogP contribution < -0.4 is 21.1 Å². The van der Waals surface area contributed by atoms with Crippen LogP contribution >= 0.6 is 0 Å². The molecule has 1 heterocycles. The Kier molecular flexibility index (Phi) is 12.5. The third-order valence-electron chi connectivity index (χ3n) is 3.74. The molecule has 2 atom stereocenters. The summed E-state index contributed by atoms with van der Waals surface area (Å²) in [5.41, 5.74) is 10.9. The summed E-state index contributed by atoms with van der Waals surface area (Å²) in [7, 11) is 0. The van der Waals surface area contributed by atoms with Crippen molar-refractivity contribution in [2.45, 2.75) is 70.6 Å². The van der Waals surface area contributed by atoms with Crippen LogP contribution in [0.4, 0.5) is 0 Å². The van der Waals surface area contributed by atoms with Gasteiger partial charge in [-0.05, 0) is 45.4 Å². The number of nitrogens with two attached hydrogens (primary N) is 2. The number of hydrogen-bond acceptors (Lipinski definition) is 6. The van der Waals surface area contributed by atoms with Crippen molar-refractivity contribution in [2.24, 2.45) is 11.5 Å². The predicted molar refractivity (Wildman–Crippen MR) is 94.2 cm³/mol. The molecule has 1 aromatic heterocycles. The minimum atomic E-state index is -1.08. The molecule has 0 saturated heterocycles. The second-order valence-electron chi connectivity index (χ2n) is 6.26. The van der Waals surface area contributed by atoms with Crippen LogP contribution in [0.5, 0.6) is 0 Å². The Morgan fingerprint density at radius 1 is 1.04 bits per heavy atom. The summed E-state index contributed by atoms with van der Waals surface area (Å²) >= 11 is 0. The van der Waals surface area contributed by atoms with Crippen molar-refractivity contribution in [3.8, 4) is 0 Å². The molecule has 0 aromatic carbocycles. The summed E-state index contributed by atoms with van der Waals surface area (Å²) in [5.74, 6) is -2.99. The first-order valence-electron chi connectivity index (χ1n) is 8.82. The molecular weight excluding hydrogens is 356 g/mol. The zero-order valence-corrected chi connectivity index (χ0v) is 15.6. The average Bonchev–Trinajstić information content (AvgIpc) is 3.02. The largest absolute Gasteiger partial charge is 0.550 e. The number of carboxylic acids is 3. The fraction of sp³-hybridized carbons (Fsp3) is 0.647. The maximum Gasteiger partial charge on any atom is 0.320 e. The van der Waals surface area contributed by atoms with Crippen molar-refractivity contribution >= 4 is 17.9 Å². The summed E-state index contributed by atoms with van der Waals surface area (Å²) in [4.78, 5) is 30.1. The highest BCUT2D eigenvalue weighted by molar-refractivity contribution is 5.73. The third-order valence-corrected chi connectivity index (χ3v) is 3.74. The molecular formula is C17H30N4O6. The minimum absolute atomic E-state index is 0.487. The van der Waals surface area contributed by atoms with Gasteiger partial charge in [0.1, 0.15) is 24.5 Å². The fourth-order valence-electron chi connectivity index (χ4n) is 2.27. The molecule has 0 amide bonds. The lowest BCUT2D eigenvalue weighted by Crippen LogP contribution is -2.32. The topological polar surface area (TPSA) is 176 Å². The Morgan fingerprint density at radius 2 is 1.52 bits per heavy atom. The SMILES string of the molecule is CC(=O)[O-].NC(CCCCn1cc[n+](CCCCC(N)C(=O)O)c1)C(=O)O. The quantitative estimate of drug-likeness (QED) is 0.253. The maximum absolute atomic E-state index is 10.6. The Bertz CT molecular complexity index is 543. The molecule has 0 saturated carbocycles. The lowest BCUT2D eigenvalue weighted by molar-refractivity contribution is -0.696. The van der Waals surface area contributed by atoms with E-state index in [-0.39, 0.29) is 0 Å². The minimum Gasteiger partial charge on any atom is -0.550 e. The van der Waals surface area contributed by atoms with E-state index in [2.05, 4.69) is 9.13 Å². The van der Waals surface area contributed by atoms with E-state index < -0.39 is 30.0 Å². The molecule has 2 unspecified atom stereocenters. The van der Waals surface area contributed by atoms with Gasteiger partial charge in [-0.3, -0.25) is 9.59 Å². The molecule has 10 heteroatoms. The molecule has 1 aromatic rings. The number of nitrogens with zero attached hydrogens (tertiary/aromatic N) is 2. The zero-order valence-electron chi connectivity index (χ0n) is 15.6. The Balaban J connectivity index is 0.00000153. The van der Waals surface area contributed by atoms with Gasteiger partial charge in [-0.25, -0.2) is 9.13 Å². The van der Waals surface area contributed by atoms with Gasteiger partial charge in [0.2, 0.25) is 6.33 Å². The van der Waals surface area contributed by atoms with E-state index in [1.165, 1.54) is 0 Å². The first-order valence-corrected chi connectivity index (χ1v) is 8.82. The van der Waals surface area contributed by atoms with Crippen LogP contribution in [-0.4, -0.2) is 44.8 Å². The first kappa shape index (κ1) is 24.5. The average molecular weight is 386 g/mol. The van der Waals surface area contributed by atoms with Crippen LogP contribution in [0.2, 0.25) is 0 Å². The van der Waals surface area contributed by atoms with Crippen LogP contribution in [0.3, 0.4) is 0 Å². The lowest BCUT2D eigenvalue weighted by Gasteiger charge is -2.05. The highest BCUT2D eigenvalue weighted by Gasteiger charge is 2.12. The molecule has 6 N–H and O–H groups in total. The number of carbonyl (C=O) groups excluding carboxylic acids is 1. The normalized spacial score (nSPS) is 12.6. The number of rotatable bonds is 12. The van der Waals surface area contributed by atoms with Crippen molar-refractivity contribution in [2.75, 3.05) is 0 Å². The zero-order chi connectivity index (χ0) is 20.8. The molecule has 0 aliphatic rings. The number of carboxylic acid groups (broad SMARTS) is 3. The van der Waals surface area contributed by atoms with Gasteiger partial charge in [-0.2, -0.15) is 0 Å². The Labute approximate surface area is 158 Å². The van der Waals surface area contributed by atoms with Crippen LogP contribution in [0, 0.1) is 0 Å². The molecule has 154 valence electrons. The van der Waals surface area contributed by atoms with Crippen molar-refractivity contribution in [3.63, 3.8) is 0 Å². The van der Waals surface area contributed by atoms with Gasteiger partial charge >= 0.3 is 11.9 Å². The molecule has 0 fully saturated rings. The third kappa shape index (κ3) is 13.4. The van der Waals surface area contributed by atoms with Gasteiger partial charge in [0.05, 0.1) is 13.1 Å². The maximum atomic E-state index is 10.6. The summed E-state index contributed by atoms with van der Waals surface area (Å²) in [5, 5.41) is 26.3. The van der Waals surface area contributed by atoms with Gasteiger partial charge in [0.15, 0.2) is 0 Å². The van der Waals surface area contributed by atoms with E-state index >= 15 is 0 Å². The molecule has 0 aliphatic carbocycles. The number of aryl methyl sites for hydroxylation is 2. The van der Waals surface area contributed by atoms with Crippen LogP contribution in [0.1, 0.15) is 45.4 Å². The highest BCUT2D eigenvalue weighted by Crippen LogP contribution is 2.02. The summed E-state index contributed by atoms with van der Waals surface area (Å²) < 4.78 is 4.10. The second-order valence-corrected chi connectivity index (χ2v) is 6.26. The molecule has 0 bridgehead atoms. The molecule has 10 nitrogen and oxygen atoms in total. The number of carbonyl (C=O) groups is 3. The number of aliphatic carboxylic acids is 3. The monoisotopic (exact) mass is 386 g/mol. The van der Waals surface area contributed by atoms with Crippen molar-refractivity contribution < 1.29 is 34.3 Å². The Morgan fingerprint density at radius 3 is 2.00 bits per heavy atom. The number of hydrogen-bond donors (Lipinski definition) is 4. The van der Waals surface area contributed by atoms with Gasteiger partial charge < -0.3 is 31.6 Å². The van der Waals surface area contributed by atoms with E-state index in [1.807, 2.05) is 18.7 Å². The van der Waals surface area contributed by atoms with E-state index in [0.29, 0.717) is 12.8 Å². The molecule has 1 rings (SSSR count). The standard InChI is InChI=1S/C15H26N4O4.C2H4O2/c16-12(14(20)21)5-1-3-7-18-9-10-19(11-18)8-4-2-6-13(17)15(22)23;1-2(3)4/h9-13H,1-8,16-17H2,(H-,20,21,22,23);1H3,(H,3,4). The fourth-order valence-corrected chi connectivity index (χ4v) is 2.27. The highest BCUT2D eigenvalue weighted by atomic mass is 16.4. The first-order chi connectivity index (χ1) is 12.6. The van der Waals surface area contributed by atoms with Crippen LogP contribution in [0.15, 0.2) is 18.7 Å². The van der Waals surface area contributed by atoms with Crippen molar-refractivity contribution in [3.05, 3.63) is 18.7 Å². The van der Waals surface area contributed by atoms with Gasteiger partial charge in [-0.15, -0.1) is 0 Å². The van der Waals surface area contributed by atoms with Gasteiger partial charge in [0, 0.05) is 5.97 Å². The molecule has 27 heavy (non-hydrogen) atoms. The lowest BCUT2D eigenvalue weighted by atomic mass is 10.1. The van der Waals surface area contributed by atoms with Crippen LogP contribution in [0.25, 0.3) is 0 Å². The van der Waals surface area contributed by atoms with Gasteiger partial charge in [-0.1, -0.05) is 0 Å².